The summed E-state index contributed by atoms with van der Waals surface area (Å²) in [7, 11) is 0. The van der Waals surface area contributed by atoms with Crippen molar-refractivity contribution < 1.29 is 27.6 Å². The Morgan fingerprint density at radius 2 is 1.47 bits per heavy atom. The summed E-state index contributed by atoms with van der Waals surface area (Å²) in [5.74, 6) is -2.92. The van der Waals surface area contributed by atoms with Gasteiger partial charge < -0.3 is 10.6 Å². The summed E-state index contributed by atoms with van der Waals surface area (Å²) in [5, 5.41) is 8.40. The van der Waals surface area contributed by atoms with Crippen LogP contribution in [0.3, 0.4) is 0 Å². The molecule has 174 valence electrons. The van der Waals surface area contributed by atoms with E-state index in [1.54, 1.807) is 36.4 Å². The summed E-state index contributed by atoms with van der Waals surface area (Å²) in [6.07, 6.45) is -3.82. The molecule has 0 spiro atoms. The van der Waals surface area contributed by atoms with Gasteiger partial charge in [-0.15, -0.1) is 0 Å². The van der Waals surface area contributed by atoms with Crippen LogP contribution >= 0.6 is 15.9 Å². The smallest absolute Gasteiger partial charge is 0.322 e. The van der Waals surface area contributed by atoms with Crippen LogP contribution < -0.4 is 16.1 Å². The number of alkyl halides is 3. The summed E-state index contributed by atoms with van der Waals surface area (Å²) < 4.78 is 39.9. The molecule has 0 saturated carbocycles. The maximum atomic E-state index is 13.0. The van der Waals surface area contributed by atoms with E-state index in [2.05, 4.69) is 31.7 Å². The van der Waals surface area contributed by atoms with Crippen molar-refractivity contribution in [1.29, 1.82) is 0 Å². The van der Waals surface area contributed by atoms with Crippen LogP contribution in [0.25, 0.3) is 0 Å². The molecule has 0 aliphatic rings. The molecule has 0 heterocycles. The third-order valence-electron chi connectivity index (χ3n) is 4.36. The first kappa shape index (κ1) is 24.6. The van der Waals surface area contributed by atoms with Crippen LogP contribution in [0.1, 0.15) is 21.5 Å². The lowest BCUT2D eigenvalue weighted by Gasteiger charge is -2.11. The fourth-order valence-electron chi connectivity index (χ4n) is 2.78. The highest BCUT2D eigenvalue weighted by Crippen LogP contribution is 2.31. The van der Waals surface area contributed by atoms with Gasteiger partial charge in [0.05, 0.1) is 23.0 Å². The molecule has 0 aliphatic heterocycles. The topological polar surface area (TPSA) is 99.7 Å². The van der Waals surface area contributed by atoms with Crippen molar-refractivity contribution in [2.45, 2.75) is 6.18 Å². The average molecular weight is 533 g/mol. The third-order valence-corrected chi connectivity index (χ3v) is 4.89. The first-order valence-electron chi connectivity index (χ1n) is 9.61. The van der Waals surface area contributed by atoms with Crippen LogP contribution in [0.15, 0.2) is 82.4 Å². The Morgan fingerprint density at radius 1 is 0.824 bits per heavy atom. The second-order valence-corrected chi connectivity index (χ2v) is 7.66. The predicted octanol–water partition coefficient (Wildman–Crippen LogP) is 4.81. The number of rotatable bonds is 5. The summed E-state index contributed by atoms with van der Waals surface area (Å²) in [4.78, 5) is 36.9. The van der Waals surface area contributed by atoms with Crippen LogP contribution in [0.4, 0.5) is 24.5 Å². The molecule has 3 amide bonds. The second-order valence-electron chi connectivity index (χ2n) is 6.74. The minimum Gasteiger partial charge on any atom is -0.322 e. The number of hydrogen-bond donors (Lipinski definition) is 3. The summed E-state index contributed by atoms with van der Waals surface area (Å²) in [6.45, 7) is 0. The van der Waals surface area contributed by atoms with Gasteiger partial charge in [0.15, 0.2) is 0 Å². The van der Waals surface area contributed by atoms with Crippen LogP contribution in [0.5, 0.6) is 0 Å². The third kappa shape index (κ3) is 6.51. The highest BCUT2D eigenvalue weighted by atomic mass is 79.9. The van der Waals surface area contributed by atoms with Crippen molar-refractivity contribution in [1.82, 2.24) is 5.43 Å². The minimum atomic E-state index is -4.61. The number of anilines is 2. The molecule has 3 N–H and O–H groups in total. The van der Waals surface area contributed by atoms with Gasteiger partial charge in [-0.05, 0) is 42.5 Å². The van der Waals surface area contributed by atoms with Crippen molar-refractivity contribution in [2.75, 3.05) is 10.6 Å². The number of para-hydroxylation sites is 1. The lowest BCUT2D eigenvalue weighted by Crippen LogP contribution is -2.33. The van der Waals surface area contributed by atoms with E-state index in [1.165, 1.54) is 30.3 Å². The Hall–Kier alpha value is -3.99. The number of carbonyl (C=O) groups is 3. The van der Waals surface area contributed by atoms with Crippen molar-refractivity contribution >= 4 is 51.2 Å². The Bertz CT molecular complexity index is 1240. The number of amides is 3. The first-order valence-corrected chi connectivity index (χ1v) is 10.4. The highest BCUT2D eigenvalue weighted by Gasteiger charge is 2.32. The maximum Gasteiger partial charge on any atom is 0.417 e. The number of benzene rings is 3. The Kier molecular flexibility index (Phi) is 7.79. The molecule has 0 atom stereocenters. The summed E-state index contributed by atoms with van der Waals surface area (Å²) in [5.41, 5.74) is 1.31. The molecule has 0 fully saturated rings. The Labute approximate surface area is 200 Å². The predicted molar refractivity (Wildman–Crippen MR) is 124 cm³/mol. The van der Waals surface area contributed by atoms with Crippen LogP contribution in [0.2, 0.25) is 0 Å². The molecule has 0 bridgehead atoms. The van der Waals surface area contributed by atoms with Crippen LogP contribution in [-0.2, 0) is 15.8 Å². The van der Waals surface area contributed by atoms with Gasteiger partial charge >= 0.3 is 18.0 Å². The Morgan fingerprint density at radius 3 is 2.18 bits per heavy atom. The van der Waals surface area contributed by atoms with Crippen LogP contribution in [-0.4, -0.2) is 23.9 Å². The average Bonchev–Trinajstić information content (AvgIpc) is 2.80. The normalized spacial score (nSPS) is 11.2. The summed E-state index contributed by atoms with van der Waals surface area (Å²) in [6, 6.07) is 17.5. The van der Waals surface area contributed by atoms with Gasteiger partial charge in [-0.1, -0.05) is 46.3 Å². The van der Waals surface area contributed by atoms with Gasteiger partial charge in [0.25, 0.3) is 5.91 Å². The first-order chi connectivity index (χ1) is 16.1. The molecule has 0 unspecified atom stereocenters. The fraction of sp³-hybridized carbons (Fsp3) is 0.0435. The zero-order valence-electron chi connectivity index (χ0n) is 17.2. The van der Waals surface area contributed by atoms with E-state index in [1.807, 2.05) is 5.43 Å². The molecule has 11 heteroatoms. The van der Waals surface area contributed by atoms with Gasteiger partial charge in [0, 0.05) is 15.7 Å². The molecular weight excluding hydrogens is 517 g/mol. The second kappa shape index (κ2) is 10.8. The van der Waals surface area contributed by atoms with Crippen molar-refractivity contribution in [3.8, 4) is 0 Å². The highest BCUT2D eigenvalue weighted by molar-refractivity contribution is 9.10. The standard InChI is InChI=1S/C23H16BrF3N4O3/c24-15-9-11-16(12-10-15)29-20(32)17-6-2-4-8-19(17)30-21(33)22(34)31-28-13-14-5-1-3-7-18(14)23(25,26)27/h1-13H,(H,29,32)(H,30,33)(H,31,34)/b28-13+. The van der Waals surface area contributed by atoms with Gasteiger partial charge in [-0.2, -0.15) is 18.3 Å². The number of nitrogens with one attached hydrogen (secondary N) is 3. The molecular formula is C23H16BrF3N4O3. The van der Waals surface area contributed by atoms with Crippen molar-refractivity contribution in [3.63, 3.8) is 0 Å². The van der Waals surface area contributed by atoms with E-state index in [0.29, 0.717) is 5.69 Å². The lowest BCUT2D eigenvalue weighted by atomic mass is 10.1. The minimum absolute atomic E-state index is 0.0589. The lowest BCUT2D eigenvalue weighted by molar-refractivity contribution is -0.137. The van der Waals surface area contributed by atoms with Crippen molar-refractivity contribution in [3.05, 3.63) is 94.0 Å². The molecule has 3 aromatic rings. The van der Waals surface area contributed by atoms with E-state index >= 15 is 0 Å². The van der Waals surface area contributed by atoms with Gasteiger partial charge in [-0.25, -0.2) is 5.43 Å². The van der Waals surface area contributed by atoms with E-state index in [4.69, 9.17) is 0 Å². The SMILES string of the molecule is O=C(N/N=C/c1ccccc1C(F)(F)F)C(=O)Nc1ccccc1C(=O)Nc1ccc(Br)cc1. The van der Waals surface area contributed by atoms with Gasteiger partial charge in [0.2, 0.25) is 0 Å². The van der Waals surface area contributed by atoms with Gasteiger partial charge in [-0.3, -0.25) is 14.4 Å². The maximum absolute atomic E-state index is 13.0. The number of nitrogens with zero attached hydrogens (tertiary/aromatic N) is 1. The van der Waals surface area contributed by atoms with Crippen LogP contribution in [0, 0.1) is 0 Å². The van der Waals surface area contributed by atoms with Crippen molar-refractivity contribution in [2.24, 2.45) is 5.10 Å². The number of halogens is 4. The zero-order valence-corrected chi connectivity index (χ0v) is 18.8. The Balaban J connectivity index is 1.66. The van der Waals surface area contributed by atoms with Gasteiger partial charge in [0.1, 0.15) is 0 Å². The quantitative estimate of drug-likeness (QED) is 0.250. The van der Waals surface area contributed by atoms with E-state index in [-0.39, 0.29) is 16.8 Å². The molecule has 0 aliphatic carbocycles. The molecule has 0 radical (unpaired) electrons. The number of hydrogen-bond acceptors (Lipinski definition) is 4. The molecule has 7 nitrogen and oxygen atoms in total. The largest absolute Gasteiger partial charge is 0.417 e. The molecule has 3 rings (SSSR count). The fourth-order valence-corrected chi connectivity index (χ4v) is 3.04. The molecule has 0 aromatic heterocycles. The molecule has 34 heavy (non-hydrogen) atoms. The van der Waals surface area contributed by atoms with E-state index < -0.39 is 29.5 Å². The molecule has 0 saturated heterocycles. The summed E-state index contributed by atoms with van der Waals surface area (Å²) >= 11 is 3.29. The molecule has 3 aromatic carbocycles. The van der Waals surface area contributed by atoms with E-state index in [9.17, 15) is 27.6 Å². The monoisotopic (exact) mass is 532 g/mol. The zero-order chi connectivity index (χ0) is 24.7. The number of carbonyl (C=O) groups excluding carboxylic acids is 3. The number of hydrazone groups is 1. The van der Waals surface area contributed by atoms with E-state index in [0.717, 1.165) is 16.8 Å².